The van der Waals surface area contributed by atoms with E-state index < -0.39 is 11.4 Å². The van der Waals surface area contributed by atoms with Gasteiger partial charge in [-0.3, -0.25) is 14.7 Å². The average molecular weight is 528 g/mol. The lowest BCUT2D eigenvalue weighted by molar-refractivity contribution is -0.147. The van der Waals surface area contributed by atoms with Crippen molar-refractivity contribution in [2.75, 3.05) is 6.54 Å². The molecule has 0 unspecified atom stereocenters. The minimum atomic E-state index is -1.05. The van der Waals surface area contributed by atoms with Crippen molar-refractivity contribution >= 4 is 17.0 Å². The number of rotatable bonds is 7. The van der Waals surface area contributed by atoms with Crippen LogP contribution in [0, 0.1) is 19.3 Å². The number of pyridine rings is 1. The van der Waals surface area contributed by atoms with E-state index in [0.717, 1.165) is 65.1 Å². The number of nitrogens with zero attached hydrogens (tertiary/aromatic N) is 5. The van der Waals surface area contributed by atoms with Crippen molar-refractivity contribution in [3.8, 4) is 5.75 Å². The highest BCUT2D eigenvalue weighted by molar-refractivity contribution is 5.81. The molecule has 0 fully saturated rings. The maximum atomic E-state index is 12.6. The number of ether oxygens (including phenoxy) is 1. The molecule has 5 rings (SSSR count). The fraction of sp³-hybridized carbons (Fsp3) is 0.419. The zero-order valence-electron chi connectivity index (χ0n) is 23.6. The Kier molecular flexibility index (Phi) is 7.16. The third kappa shape index (κ3) is 5.01. The summed E-state index contributed by atoms with van der Waals surface area (Å²) in [6, 6.07) is 12.4. The molecule has 39 heavy (non-hydrogen) atoms. The van der Waals surface area contributed by atoms with E-state index >= 15 is 0 Å². The molecule has 2 aromatic heterocycles. The summed E-state index contributed by atoms with van der Waals surface area (Å²) in [4.78, 5) is 19.3. The standard InChI is InChI=1S/C31H37N5O3/c1-7-24-18-36(17-23-15-32-13-12-27(23)39-24)16-22-14-21(9-8-19(22)2)28(31(4,5)30(37)38)25-10-11-26-29(20(25)3)33-34-35(26)6/h8-15,24,28H,7,16-18H2,1-6H3,(H,37,38)/t24-,28-/m1/s1. The Hall–Kier alpha value is -3.78. The molecule has 0 radical (unpaired) electrons. The number of carboxylic acids is 1. The van der Waals surface area contributed by atoms with Crippen molar-refractivity contribution in [1.82, 2.24) is 24.9 Å². The first kappa shape index (κ1) is 26.8. The number of aromatic nitrogens is 4. The molecule has 0 saturated carbocycles. The number of aliphatic carboxylic acids is 1. The van der Waals surface area contributed by atoms with Gasteiger partial charge in [0.1, 0.15) is 17.4 Å². The van der Waals surface area contributed by atoms with Crippen LogP contribution in [-0.4, -0.2) is 48.6 Å². The van der Waals surface area contributed by atoms with Gasteiger partial charge in [0.15, 0.2) is 0 Å². The molecule has 2 atom stereocenters. The molecule has 0 bridgehead atoms. The third-order valence-corrected chi connectivity index (χ3v) is 8.23. The van der Waals surface area contributed by atoms with Crippen molar-refractivity contribution in [3.05, 3.63) is 82.2 Å². The third-order valence-electron chi connectivity index (χ3n) is 8.23. The first-order valence-electron chi connectivity index (χ1n) is 13.5. The molecule has 0 aliphatic carbocycles. The number of fused-ring (bicyclic) bond motifs is 2. The van der Waals surface area contributed by atoms with Crippen molar-refractivity contribution in [2.45, 2.75) is 66.2 Å². The second-order valence-corrected chi connectivity index (χ2v) is 11.3. The molecule has 8 nitrogen and oxygen atoms in total. The Morgan fingerprint density at radius 2 is 2.00 bits per heavy atom. The van der Waals surface area contributed by atoms with Crippen LogP contribution in [0.25, 0.3) is 11.0 Å². The predicted octanol–water partition coefficient (Wildman–Crippen LogP) is 5.40. The van der Waals surface area contributed by atoms with Crippen LogP contribution in [0.4, 0.5) is 0 Å². The zero-order valence-corrected chi connectivity index (χ0v) is 23.6. The summed E-state index contributed by atoms with van der Waals surface area (Å²) in [5.74, 6) is -0.308. The lowest BCUT2D eigenvalue weighted by Crippen LogP contribution is -2.33. The Morgan fingerprint density at radius 1 is 1.21 bits per heavy atom. The molecule has 0 amide bonds. The van der Waals surface area contributed by atoms with Crippen LogP contribution >= 0.6 is 0 Å². The molecular formula is C31H37N5O3. The highest BCUT2D eigenvalue weighted by Crippen LogP contribution is 2.44. The molecule has 0 spiro atoms. The van der Waals surface area contributed by atoms with Gasteiger partial charge in [-0.25, -0.2) is 4.68 Å². The smallest absolute Gasteiger partial charge is 0.310 e. The largest absolute Gasteiger partial charge is 0.489 e. The molecule has 204 valence electrons. The Bertz CT molecular complexity index is 1530. The van der Waals surface area contributed by atoms with Gasteiger partial charge in [0.2, 0.25) is 0 Å². The molecule has 8 heteroatoms. The van der Waals surface area contributed by atoms with Crippen molar-refractivity contribution in [1.29, 1.82) is 0 Å². The molecular weight excluding hydrogens is 490 g/mol. The van der Waals surface area contributed by atoms with Gasteiger partial charge in [-0.05, 0) is 74.1 Å². The van der Waals surface area contributed by atoms with Crippen LogP contribution < -0.4 is 4.74 Å². The highest BCUT2D eigenvalue weighted by atomic mass is 16.5. The van der Waals surface area contributed by atoms with Crippen molar-refractivity contribution in [3.63, 3.8) is 0 Å². The number of hydrogen-bond acceptors (Lipinski definition) is 6. The van der Waals surface area contributed by atoms with Gasteiger partial charge in [-0.15, -0.1) is 5.10 Å². The van der Waals surface area contributed by atoms with E-state index in [1.807, 2.05) is 52.2 Å². The molecule has 0 saturated heterocycles. The normalized spacial score (nSPS) is 16.9. The molecule has 1 aliphatic rings. The SMILES string of the molecule is CC[C@@H]1CN(Cc2cc([C@H](c3ccc4c(nnn4C)c3C)C(C)(C)C(=O)O)ccc2C)Cc2cnccc2O1. The molecule has 4 aromatic rings. The maximum absolute atomic E-state index is 12.6. The van der Waals surface area contributed by atoms with Gasteiger partial charge in [0.05, 0.1) is 10.9 Å². The molecule has 1 N–H and O–H groups in total. The number of carbonyl (C=O) groups is 1. The van der Waals surface area contributed by atoms with Gasteiger partial charge in [-0.1, -0.05) is 36.4 Å². The van der Waals surface area contributed by atoms with Gasteiger partial charge in [0, 0.05) is 50.6 Å². The first-order chi connectivity index (χ1) is 18.6. The summed E-state index contributed by atoms with van der Waals surface area (Å²) in [6.45, 7) is 12.2. The summed E-state index contributed by atoms with van der Waals surface area (Å²) >= 11 is 0. The predicted molar refractivity (Wildman–Crippen MR) is 151 cm³/mol. The molecule has 3 heterocycles. The summed E-state index contributed by atoms with van der Waals surface area (Å²) in [6.07, 6.45) is 4.67. The Labute approximate surface area is 229 Å². The first-order valence-corrected chi connectivity index (χ1v) is 13.5. The number of benzene rings is 2. The van der Waals surface area contributed by atoms with E-state index in [0.29, 0.717) is 0 Å². The van der Waals surface area contributed by atoms with E-state index in [9.17, 15) is 9.90 Å². The Morgan fingerprint density at radius 3 is 2.74 bits per heavy atom. The summed E-state index contributed by atoms with van der Waals surface area (Å²) in [5.41, 5.74) is 7.01. The van der Waals surface area contributed by atoms with E-state index in [1.54, 1.807) is 10.9 Å². The van der Waals surface area contributed by atoms with Crippen LogP contribution in [0.3, 0.4) is 0 Å². The average Bonchev–Trinajstić information content (AvgIpc) is 3.18. The summed E-state index contributed by atoms with van der Waals surface area (Å²) in [7, 11) is 1.87. The lowest BCUT2D eigenvalue weighted by atomic mass is 9.69. The minimum Gasteiger partial charge on any atom is -0.489 e. The molecule has 1 aliphatic heterocycles. The fourth-order valence-corrected chi connectivity index (χ4v) is 5.74. The van der Waals surface area contributed by atoms with E-state index in [1.165, 1.54) is 11.1 Å². The number of hydrogen-bond donors (Lipinski definition) is 1. The quantitative estimate of drug-likeness (QED) is 0.344. The maximum Gasteiger partial charge on any atom is 0.310 e. The lowest BCUT2D eigenvalue weighted by Gasteiger charge is -2.33. The summed E-state index contributed by atoms with van der Waals surface area (Å²) in [5, 5.41) is 18.9. The van der Waals surface area contributed by atoms with Crippen molar-refractivity contribution in [2.24, 2.45) is 12.5 Å². The van der Waals surface area contributed by atoms with Crippen LogP contribution in [0.2, 0.25) is 0 Å². The Balaban J connectivity index is 1.56. The number of aryl methyl sites for hydroxylation is 3. The van der Waals surface area contributed by atoms with Crippen LogP contribution in [0.1, 0.15) is 66.5 Å². The second kappa shape index (κ2) is 10.4. The van der Waals surface area contributed by atoms with Crippen LogP contribution in [-0.2, 0) is 24.9 Å². The van der Waals surface area contributed by atoms with Crippen LogP contribution in [0.15, 0.2) is 48.8 Å². The molecule has 2 aromatic carbocycles. The van der Waals surface area contributed by atoms with E-state index in [-0.39, 0.29) is 12.0 Å². The second-order valence-electron chi connectivity index (χ2n) is 11.3. The van der Waals surface area contributed by atoms with E-state index in [4.69, 9.17) is 4.74 Å². The van der Waals surface area contributed by atoms with Crippen molar-refractivity contribution < 1.29 is 14.6 Å². The van der Waals surface area contributed by atoms with Gasteiger partial charge in [-0.2, -0.15) is 0 Å². The topological polar surface area (TPSA) is 93.4 Å². The highest BCUT2D eigenvalue weighted by Gasteiger charge is 2.40. The van der Waals surface area contributed by atoms with E-state index in [2.05, 4.69) is 52.2 Å². The van der Waals surface area contributed by atoms with Crippen LogP contribution in [0.5, 0.6) is 5.75 Å². The zero-order chi connectivity index (χ0) is 27.9. The minimum absolute atomic E-state index is 0.0946. The number of carboxylic acid groups (broad SMARTS) is 1. The van der Waals surface area contributed by atoms with Gasteiger partial charge in [0.25, 0.3) is 0 Å². The van der Waals surface area contributed by atoms with Gasteiger partial charge < -0.3 is 9.84 Å². The van der Waals surface area contributed by atoms with Gasteiger partial charge >= 0.3 is 5.97 Å². The monoisotopic (exact) mass is 527 g/mol. The summed E-state index contributed by atoms with van der Waals surface area (Å²) < 4.78 is 8.03. The fourth-order valence-electron chi connectivity index (χ4n) is 5.74.